The van der Waals surface area contributed by atoms with E-state index < -0.39 is 0 Å². The van der Waals surface area contributed by atoms with Gasteiger partial charge in [-0.3, -0.25) is 0 Å². The number of hydrogen-bond acceptors (Lipinski definition) is 2. The van der Waals surface area contributed by atoms with Crippen LogP contribution in [0.15, 0.2) is 48.5 Å². The van der Waals surface area contributed by atoms with Crippen molar-refractivity contribution in [3.05, 3.63) is 65.2 Å². The molecule has 2 aromatic rings. The van der Waals surface area contributed by atoms with Crippen molar-refractivity contribution in [1.82, 2.24) is 5.32 Å². The zero-order chi connectivity index (χ0) is 13.2. The van der Waals surface area contributed by atoms with E-state index >= 15 is 0 Å². The maximum Gasteiger partial charge on any atom is 0.0331 e. The van der Waals surface area contributed by atoms with Gasteiger partial charge in [0.05, 0.1) is 0 Å². The summed E-state index contributed by atoms with van der Waals surface area (Å²) in [5.41, 5.74) is 10.9. The molecule has 0 spiro atoms. The van der Waals surface area contributed by atoms with Crippen molar-refractivity contribution in [2.45, 2.75) is 31.8 Å². The molecule has 0 aliphatic heterocycles. The van der Waals surface area contributed by atoms with E-state index in [1.54, 1.807) is 0 Å². The molecule has 19 heavy (non-hydrogen) atoms. The molecule has 0 saturated carbocycles. The van der Waals surface area contributed by atoms with E-state index in [-0.39, 0.29) is 0 Å². The van der Waals surface area contributed by atoms with Crippen LogP contribution in [0.1, 0.15) is 42.1 Å². The van der Waals surface area contributed by atoms with Crippen molar-refractivity contribution in [3.63, 3.8) is 0 Å². The lowest BCUT2D eigenvalue weighted by atomic mass is 10.0. The molecular weight excluding hydrogens is 232 g/mol. The molecule has 1 aliphatic rings. The molecule has 2 nitrogen and oxygen atoms in total. The Morgan fingerprint density at radius 3 is 2.74 bits per heavy atom. The predicted molar refractivity (Wildman–Crippen MR) is 79.9 cm³/mol. The number of nitrogen functional groups attached to an aromatic ring is 1. The maximum atomic E-state index is 5.85. The van der Waals surface area contributed by atoms with Crippen LogP contribution in [-0.4, -0.2) is 0 Å². The molecule has 0 radical (unpaired) electrons. The van der Waals surface area contributed by atoms with Gasteiger partial charge in [0.1, 0.15) is 0 Å². The van der Waals surface area contributed by atoms with Gasteiger partial charge in [-0.05, 0) is 48.6 Å². The van der Waals surface area contributed by atoms with E-state index in [0.29, 0.717) is 12.1 Å². The largest absolute Gasteiger partial charge is 0.399 e. The van der Waals surface area contributed by atoms with Gasteiger partial charge in [0, 0.05) is 17.8 Å². The topological polar surface area (TPSA) is 38.0 Å². The number of aryl methyl sites for hydroxylation is 1. The van der Waals surface area contributed by atoms with E-state index in [2.05, 4.69) is 54.7 Å². The molecule has 3 rings (SSSR count). The Bertz CT molecular complexity index is 563. The molecule has 0 heterocycles. The first kappa shape index (κ1) is 12.2. The third-order valence-corrected chi connectivity index (χ3v) is 4.00. The Hall–Kier alpha value is -1.80. The van der Waals surface area contributed by atoms with Crippen LogP contribution < -0.4 is 11.1 Å². The minimum atomic E-state index is 0.370. The van der Waals surface area contributed by atoms with Crippen molar-refractivity contribution in [3.8, 4) is 0 Å². The van der Waals surface area contributed by atoms with Crippen molar-refractivity contribution < 1.29 is 0 Å². The van der Waals surface area contributed by atoms with Crippen molar-refractivity contribution >= 4 is 5.69 Å². The fourth-order valence-electron chi connectivity index (χ4n) is 2.95. The Morgan fingerprint density at radius 2 is 1.95 bits per heavy atom. The molecule has 2 aromatic carbocycles. The zero-order valence-electron chi connectivity index (χ0n) is 11.3. The molecule has 3 N–H and O–H groups in total. The van der Waals surface area contributed by atoms with Gasteiger partial charge in [0.15, 0.2) is 0 Å². The van der Waals surface area contributed by atoms with Gasteiger partial charge in [-0.15, -0.1) is 0 Å². The summed E-state index contributed by atoms with van der Waals surface area (Å²) < 4.78 is 0. The lowest BCUT2D eigenvalue weighted by Gasteiger charge is -2.21. The van der Waals surface area contributed by atoms with Crippen LogP contribution in [0.2, 0.25) is 0 Å². The molecule has 2 heteroatoms. The van der Waals surface area contributed by atoms with E-state index in [4.69, 9.17) is 5.73 Å². The minimum Gasteiger partial charge on any atom is -0.399 e. The number of benzene rings is 2. The van der Waals surface area contributed by atoms with E-state index in [1.165, 1.54) is 16.7 Å². The molecule has 0 bridgehead atoms. The maximum absolute atomic E-state index is 5.85. The second-order valence-electron chi connectivity index (χ2n) is 5.35. The summed E-state index contributed by atoms with van der Waals surface area (Å²) in [7, 11) is 0. The molecule has 2 unspecified atom stereocenters. The third-order valence-electron chi connectivity index (χ3n) is 4.00. The van der Waals surface area contributed by atoms with Gasteiger partial charge in [0.25, 0.3) is 0 Å². The minimum absolute atomic E-state index is 0.370. The Morgan fingerprint density at radius 1 is 1.16 bits per heavy atom. The molecular formula is C17H20N2. The van der Waals surface area contributed by atoms with Crippen LogP contribution >= 0.6 is 0 Å². The first-order valence-corrected chi connectivity index (χ1v) is 6.93. The average Bonchev–Trinajstić information content (AvgIpc) is 2.82. The van der Waals surface area contributed by atoms with Gasteiger partial charge >= 0.3 is 0 Å². The number of nitrogens with one attached hydrogen (secondary N) is 1. The van der Waals surface area contributed by atoms with Crippen molar-refractivity contribution in [2.75, 3.05) is 5.73 Å². The molecule has 1 aliphatic carbocycles. The highest BCUT2D eigenvalue weighted by Gasteiger charge is 2.23. The second-order valence-corrected chi connectivity index (χ2v) is 5.35. The molecule has 0 saturated heterocycles. The van der Waals surface area contributed by atoms with Gasteiger partial charge < -0.3 is 11.1 Å². The molecule has 0 aromatic heterocycles. The number of rotatable bonds is 3. The van der Waals surface area contributed by atoms with E-state index in [0.717, 1.165) is 18.5 Å². The first-order valence-electron chi connectivity index (χ1n) is 6.93. The lowest BCUT2D eigenvalue weighted by Crippen LogP contribution is -2.22. The summed E-state index contributed by atoms with van der Waals surface area (Å²) in [4.78, 5) is 0. The van der Waals surface area contributed by atoms with Crippen LogP contribution in [-0.2, 0) is 6.42 Å². The lowest BCUT2D eigenvalue weighted by molar-refractivity contribution is 0.465. The second kappa shape index (κ2) is 5.06. The molecule has 2 atom stereocenters. The Balaban J connectivity index is 1.76. The van der Waals surface area contributed by atoms with Crippen LogP contribution in [0.4, 0.5) is 5.69 Å². The summed E-state index contributed by atoms with van der Waals surface area (Å²) in [6, 6.07) is 17.7. The van der Waals surface area contributed by atoms with Crippen LogP contribution in [0, 0.1) is 0 Å². The average molecular weight is 252 g/mol. The van der Waals surface area contributed by atoms with Crippen LogP contribution in [0.5, 0.6) is 0 Å². The molecule has 98 valence electrons. The number of hydrogen-bond donors (Lipinski definition) is 2. The van der Waals surface area contributed by atoms with E-state index in [9.17, 15) is 0 Å². The smallest absolute Gasteiger partial charge is 0.0331 e. The monoisotopic (exact) mass is 252 g/mol. The summed E-state index contributed by atoms with van der Waals surface area (Å²) in [6.45, 7) is 2.23. The van der Waals surface area contributed by atoms with Gasteiger partial charge in [-0.1, -0.05) is 36.4 Å². The highest BCUT2D eigenvalue weighted by Crippen LogP contribution is 2.34. The standard InChI is InChI=1S/C17H20N2/c1-12(13-5-3-2-4-6-13)19-17-10-7-14-11-15(18)8-9-16(14)17/h2-6,8-9,11-12,17,19H,7,10,18H2,1H3. The zero-order valence-corrected chi connectivity index (χ0v) is 11.3. The third kappa shape index (κ3) is 2.49. The molecule has 0 amide bonds. The van der Waals surface area contributed by atoms with Crippen molar-refractivity contribution in [1.29, 1.82) is 0 Å². The first-order chi connectivity index (χ1) is 9.24. The van der Waals surface area contributed by atoms with Crippen molar-refractivity contribution in [2.24, 2.45) is 0 Å². The highest BCUT2D eigenvalue weighted by molar-refractivity contribution is 5.47. The van der Waals surface area contributed by atoms with Crippen LogP contribution in [0.3, 0.4) is 0 Å². The fraction of sp³-hybridized carbons (Fsp3) is 0.294. The predicted octanol–water partition coefficient (Wildman–Crippen LogP) is 3.61. The Kier molecular flexibility index (Phi) is 3.26. The quantitative estimate of drug-likeness (QED) is 0.819. The highest BCUT2D eigenvalue weighted by atomic mass is 14.9. The van der Waals surface area contributed by atoms with Gasteiger partial charge in [-0.2, -0.15) is 0 Å². The summed E-state index contributed by atoms with van der Waals surface area (Å²) in [5, 5.41) is 3.73. The SMILES string of the molecule is CC(NC1CCc2cc(N)ccc21)c1ccccc1. The number of fused-ring (bicyclic) bond motifs is 1. The van der Waals surface area contributed by atoms with Gasteiger partial charge in [0.2, 0.25) is 0 Å². The van der Waals surface area contributed by atoms with Crippen LogP contribution in [0.25, 0.3) is 0 Å². The van der Waals surface area contributed by atoms with E-state index in [1.807, 2.05) is 6.07 Å². The summed E-state index contributed by atoms with van der Waals surface area (Å²) in [6.07, 6.45) is 2.29. The Labute approximate surface area is 114 Å². The van der Waals surface area contributed by atoms with Gasteiger partial charge in [-0.25, -0.2) is 0 Å². The fourth-order valence-corrected chi connectivity index (χ4v) is 2.95. The normalized spacial score (nSPS) is 19.1. The summed E-state index contributed by atoms with van der Waals surface area (Å²) in [5.74, 6) is 0. The molecule has 0 fully saturated rings. The summed E-state index contributed by atoms with van der Waals surface area (Å²) >= 11 is 0. The number of nitrogens with two attached hydrogens (primary N) is 1. The number of anilines is 1.